The van der Waals surface area contributed by atoms with E-state index in [-0.39, 0.29) is 25.0 Å². The number of hydrogen-bond acceptors (Lipinski definition) is 4. The number of carbonyl (C=O) groups excluding carboxylic acids is 2. The fourth-order valence-corrected chi connectivity index (χ4v) is 1.39. The summed E-state index contributed by atoms with van der Waals surface area (Å²) in [5.74, 6) is -0.320. The van der Waals surface area contributed by atoms with E-state index in [1.54, 1.807) is 14.0 Å². The molecule has 5 heteroatoms. The van der Waals surface area contributed by atoms with Crippen molar-refractivity contribution in [3.05, 3.63) is 0 Å². The third-order valence-corrected chi connectivity index (χ3v) is 2.33. The number of carbonyl (C=O) groups is 2. The van der Waals surface area contributed by atoms with Crippen molar-refractivity contribution in [3.8, 4) is 0 Å². The summed E-state index contributed by atoms with van der Waals surface area (Å²) in [5.41, 5.74) is 0. The highest BCUT2D eigenvalue weighted by Crippen LogP contribution is 2.26. The van der Waals surface area contributed by atoms with Gasteiger partial charge in [0.25, 0.3) is 0 Å². The van der Waals surface area contributed by atoms with Gasteiger partial charge in [-0.3, -0.25) is 14.5 Å². The molecule has 0 aromatic heterocycles. The molecule has 0 saturated heterocycles. The Morgan fingerprint density at radius 3 is 2.53 bits per heavy atom. The van der Waals surface area contributed by atoms with Crippen molar-refractivity contribution in [3.63, 3.8) is 0 Å². The van der Waals surface area contributed by atoms with E-state index in [0.29, 0.717) is 12.6 Å². The number of esters is 1. The average molecular weight is 214 g/mol. The van der Waals surface area contributed by atoms with E-state index >= 15 is 0 Å². The summed E-state index contributed by atoms with van der Waals surface area (Å²) in [6.45, 7) is 2.65. The molecule has 1 amide bonds. The number of ether oxygens (including phenoxy) is 1. The molecule has 1 saturated carbocycles. The van der Waals surface area contributed by atoms with Crippen LogP contribution in [0, 0.1) is 0 Å². The summed E-state index contributed by atoms with van der Waals surface area (Å²) in [7, 11) is 1.60. The summed E-state index contributed by atoms with van der Waals surface area (Å²) >= 11 is 0. The van der Waals surface area contributed by atoms with Gasteiger partial charge in [-0.15, -0.1) is 0 Å². The quantitative estimate of drug-likeness (QED) is 0.620. The molecule has 86 valence electrons. The standard InChI is InChI=1S/C10H18N2O3/c1-3-15-10(14)7-12(8-4-5-8)6-9(13)11-2/h8H,3-7H2,1-2H3,(H,11,13). The molecule has 0 spiro atoms. The minimum atomic E-state index is -0.256. The highest BCUT2D eigenvalue weighted by atomic mass is 16.5. The van der Waals surface area contributed by atoms with E-state index in [9.17, 15) is 9.59 Å². The summed E-state index contributed by atoms with van der Waals surface area (Å²) < 4.78 is 4.85. The van der Waals surface area contributed by atoms with Gasteiger partial charge in [0.1, 0.15) is 0 Å². The van der Waals surface area contributed by atoms with Gasteiger partial charge in [-0.25, -0.2) is 0 Å². The van der Waals surface area contributed by atoms with Crippen molar-refractivity contribution in [2.45, 2.75) is 25.8 Å². The Hall–Kier alpha value is -1.10. The second-order valence-corrected chi connectivity index (χ2v) is 3.61. The molecule has 0 aromatic carbocycles. The Labute approximate surface area is 89.8 Å². The number of amides is 1. The van der Waals surface area contributed by atoms with Crippen LogP contribution < -0.4 is 5.32 Å². The molecule has 0 radical (unpaired) electrons. The molecule has 0 unspecified atom stereocenters. The molecule has 0 aromatic rings. The van der Waals surface area contributed by atoms with Crippen molar-refractivity contribution in [1.29, 1.82) is 0 Å². The highest BCUT2D eigenvalue weighted by Gasteiger charge is 2.31. The van der Waals surface area contributed by atoms with Crippen LogP contribution >= 0.6 is 0 Å². The van der Waals surface area contributed by atoms with Crippen LogP contribution in [-0.4, -0.2) is 49.6 Å². The molecule has 0 heterocycles. The summed E-state index contributed by atoms with van der Waals surface area (Å²) in [6.07, 6.45) is 2.13. The van der Waals surface area contributed by atoms with E-state index in [0.717, 1.165) is 12.8 Å². The fraction of sp³-hybridized carbons (Fsp3) is 0.800. The van der Waals surface area contributed by atoms with Gasteiger partial charge in [0.15, 0.2) is 0 Å². The Kier molecular flexibility index (Phi) is 4.55. The van der Waals surface area contributed by atoms with Crippen LogP contribution in [0.3, 0.4) is 0 Å². The van der Waals surface area contributed by atoms with Gasteiger partial charge >= 0.3 is 5.97 Å². The Bertz CT molecular complexity index is 239. The summed E-state index contributed by atoms with van der Waals surface area (Å²) in [4.78, 5) is 24.3. The third-order valence-electron chi connectivity index (χ3n) is 2.33. The minimum absolute atomic E-state index is 0.0637. The highest BCUT2D eigenvalue weighted by molar-refractivity contribution is 5.79. The molecule has 15 heavy (non-hydrogen) atoms. The third kappa shape index (κ3) is 4.29. The maximum atomic E-state index is 11.3. The topological polar surface area (TPSA) is 58.6 Å². The molecule has 0 bridgehead atoms. The van der Waals surface area contributed by atoms with Gasteiger partial charge in [-0.05, 0) is 19.8 Å². The lowest BCUT2D eigenvalue weighted by Crippen LogP contribution is -2.40. The van der Waals surface area contributed by atoms with Gasteiger partial charge in [-0.2, -0.15) is 0 Å². The Balaban J connectivity index is 2.36. The van der Waals surface area contributed by atoms with E-state index in [4.69, 9.17) is 4.74 Å². The molecule has 5 nitrogen and oxygen atoms in total. The van der Waals surface area contributed by atoms with Crippen molar-refractivity contribution in [2.75, 3.05) is 26.7 Å². The van der Waals surface area contributed by atoms with E-state index in [1.807, 2.05) is 4.90 Å². The maximum absolute atomic E-state index is 11.3. The molecular formula is C10H18N2O3. The molecule has 1 rings (SSSR count). The van der Waals surface area contributed by atoms with Crippen molar-refractivity contribution in [1.82, 2.24) is 10.2 Å². The number of hydrogen-bond donors (Lipinski definition) is 1. The summed E-state index contributed by atoms with van der Waals surface area (Å²) in [6, 6.07) is 0.381. The van der Waals surface area contributed by atoms with Gasteiger partial charge in [0.2, 0.25) is 5.91 Å². The lowest BCUT2D eigenvalue weighted by molar-refractivity contribution is -0.144. The van der Waals surface area contributed by atoms with Gasteiger partial charge < -0.3 is 10.1 Å². The van der Waals surface area contributed by atoms with Gasteiger partial charge in [0, 0.05) is 13.1 Å². The largest absolute Gasteiger partial charge is 0.465 e. The van der Waals surface area contributed by atoms with Crippen LogP contribution in [0.15, 0.2) is 0 Å². The fourth-order valence-electron chi connectivity index (χ4n) is 1.39. The van der Waals surface area contributed by atoms with Crippen LogP contribution in [0.5, 0.6) is 0 Å². The van der Waals surface area contributed by atoms with Gasteiger partial charge in [-0.1, -0.05) is 0 Å². The first-order chi connectivity index (χ1) is 7.17. The molecule has 1 aliphatic carbocycles. The molecule has 0 atom stereocenters. The van der Waals surface area contributed by atoms with Crippen molar-refractivity contribution < 1.29 is 14.3 Å². The average Bonchev–Trinajstić information content (AvgIpc) is 3.00. The SMILES string of the molecule is CCOC(=O)CN(CC(=O)NC)C1CC1. The van der Waals surface area contributed by atoms with E-state index in [1.165, 1.54) is 0 Å². The molecule has 0 aliphatic heterocycles. The first-order valence-electron chi connectivity index (χ1n) is 5.27. The second-order valence-electron chi connectivity index (χ2n) is 3.61. The lowest BCUT2D eigenvalue weighted by atomic mass is 10.4. The molecule has 1 fully saturated rings. The zero-order chi connectivity index (χ0) is 11.3. The molecular weight excluding hydrogens is 196 g/mol. The molecule has 1 N–H and O–H groups in total. The van der Waals surface area contributed by atoms with Crippen molar-refractivity contribution in [2.24, 2.45) is 0 Å². The number of nitrogens with one attached hydrogen (secondary N) is 1. The Morgan fingerprint density at radius 2 is 2.07 bits per heavy atom. The molecule has 1 aliphatic rings. The number of nitrogens with zero attached hydrogens (tertiary/aromatic N) is 1. The zero-order valence-electron chi connectivity index (χ0n) is 9.28. The van der Waals surface area contributed by atoms with Crippen LogP contribution in [-0.2, 0) is 14.3 Å². The Morgan fingerprint density at radius 1 is 1.40 bits per heavy atom. The number of rotatable bonds is 6. The van der Waals surface area contributed by atoms with Crippen LogP contribution in [0.4, 0.5) is 0 Å². The first-order valence-corrected chi connectivity index (χ1v) is 5.27. The van der Waals surface area contributed by atoms with Crippen LogP contribution in [0.1, 0.15) is 19.8 Å². The predicted molar refractivity (Wildman–Crippen MR) is 55.3 cm³/mol. The van der Waals surface area contributed by atoms with Gasteiger partial charge in [0.05, 0.1) is 19.7 Å². The van der Waals surface area contributed by atoms with Crippen LogP contribution in [0.2, 0.25) is 0 Å². The monoisotopic (exact) mass is 214 g/mol. The zero-order valence-corrected chi connectivity index (χ0v) is 9.28. The summed E-state index contributed by atoms with van der Waals surface area (Å²) in [5, 5.41) is 2.55. The predicted octanol–water partition coefficient (Wildman–Crippen LogP) is -0.240. The minimum Gasteiger partial charge on any atom is -0.465 e. The smallest absolute Gasteiger partial charge is 0.320 e. The second kappa shape index (κ2) is 5.70. The maximum Gasteiger partial charge on any atom is 0.320 e. The van der Waals surface area contributed by atoms with E-state index < -0.39 is 0 Å². The van der Waals surface area contributed by atoms with Crippen molar-refractivity contribution >= 4 is 11.9 Å². The first kappa shape index (κ1) is 12.0. The lowest BCUT2D eigenvalue weighted by Gasteiger charge is -2.19. The normalized spacial score (nSPS) is 15.1. The number of likely N-dealkylation sites (N-methyl/N-ethyl adjacent to an activating group) is 1. The van der Waals surface area contributed by atoms with E-state index in [2.05, 4.69) is 5.32 Å². The van der Waals surface area contributed by atoms with Crippen LogP contribution in [0.25, 0.3) is 0 Å².